The maximum absolute atomic E-state index is 8.82. The standard InChI is InChI=1S/C10H14ClNO/c11-10-4-2-1-3-9(10)8(7-12)5-6-13/h1-4,8,13H,5-7,12H2. The second-order valence-corrected chi connectivity index (χ2v) is 3.37. The smallest absolute Gasteiger partial charge is 0.0441 e. The molecular weight excluding hydrogens is 186 g/mol. The third kappa shape index (κ3) is 2.69. The molecule has 1 aromatic rings. The third-order valence-electron chi connectivity index (χ3n) is 2.11. The van der Waals surface area contributed by atoms with E-state index in [1.54, 1.807) is 0 Å². The van der Waals surface area contributed by atoms with E-state index in [9.17, 15) is 0 Å². The zero-order valence-electron chi connectivity index (χ0n) is 7.41. The predicted molar refractivity (Wildman–Crippen MR) is 55.0 cm³/mol. The van der Waals surface area contributed by atoms with E-state index in [0.717, 1.165) is 10.6 Å². The van der Waals surface area contributed by atoms with E-state index < -0.39 is 0 Å². The van der Waals surface area contributed by atoms with Gasteiger partial charge in [0.15, 0.2) is 0 Å². The van der Waals surface area contributed by atoms with E-state index in [0.29, 0.717) is 13.0 Å². The van der Waals surface area contributed by atoms with Crippen molar-refractivity contribution in [1.82, 2.24) is 0 Å². The molecule has 3 N–H and O–H groups in total. The highest BCUT2D eigenvalue weighted by atomic mass is 35.5. The molecule has 0 amide bonds. The molecule has 0 heterocycles. The molecule has 0 aromatic heterocycles. The summed E-state index contributed by atoms with van der Waals surface area (Å²) in [4.78, 5) is 0. The summed E-state index contributed by atoms with van der Waals surface area (Å²) >= 11 is 6.00. The lowest BCUT2D eigenvalue weighted by Gasteiger charge is -2.14. The lowest BCUT2D eigenvalue weighted by Crippen LogP contribution is -2.14. The minimum absolute atomic E-state index is 0.146. The van der Waals surface area contributed by atoms with Crippen molar-refractivity contribution in [2.45, 2.75) is 12.3 Å². The zero-order chi connectivity index (χ0) is 9.68. The summed E-state index contributed by atoms with van der Waals surface area (Å²) in [6, 6.07) is 7.62. The number of hydrogen-bond donors (Lipinski definition) is 2. The van der Waals surface area contributed by atoms with E-state index in [1.165, 1.54) is 0 Å². The number of nitrogens with two attached hydrogens (primary N) is 1. The van der Waals surface area contributed by atoms with Crippen LogP contribution in [-0.2, 0) is 0 Å². The number of rotatable bonds is 4. The fourth-order valence-electron chi connectivity index (χ4n) is 1.36. The molecule has 0 spiro atoms. The van der Waals surface area contributed by atoms with Crippen LogP contribution in [0.5, 0.6) is 0 Å². The van der Waals surface area contributed by atoms with Gasteiger partial charge in [-0.15, -0.1) is 0 Å². The predicted octanol–water partition coefficient (Wildman–Crippen LogP) is 1.76. The van der Waals surface area contributed by atoms with E-state index >= 15 is 0 Å². The molecule has 72 valence electrons. The number of hydrogen-bond acceptors (Lipinski definition) is 2. The molecule has 0 radical (unpaired) electrons. The van der Waals surface area contributed by atoms with Gasteiger partial charge in [0.2, 0.25) is 0 Å². The Hall–Kier alpha value is -0.570. The molecule has 0 fully saturated rings. The van der Waals surface area contributed by atoms with Crippen LogP contribution < -0.4 is 5.73 Å². The average Bonchev–Trinajstić information content (AvgIpc) is 2.16. The van der Waals surface area contributed by atoms with Crippen LogP contribution in [0.2, 0.25) is 5.02 Å². The molecule has 0 aliphatic carbocycles. The summed E-state index contributed by atoms with van der Waals surface area (Å²) in [6.45, 7) is 0.664. The number of aliphatic hydroxyl groups excluding tert-OH is 1. The molecule has 0 bridgehead atoms. The number of benzene rings is 1. The van der Waals surface area contributed by atoms with Crippen molar-refractivity contribution in [3.05, 3.63) is 34.9 Å². The Balaban J connectivity index is 2.84. The highest BCUT2D eigenvalue weighted by Crippen LogP contribution is 2.25. The molecular formula is C10H14ClNO. The van der Waals surface area contributed by atoms with Crippen molar-refractivity contribution >= 4 is 11.6 Å². The molecule has 3 heteroatoms. The average molecular weight is 200 g/mol. The largest absolute Gasteiger partial charge is 0.396 e. The van der Waals surface area contributed by atoms with Crippen LogP contribution >= 0.6 is 11.6 Å². The summed E-state index contributed by atoms with van der Waals surface area (Å²) in [5, 5.41) is 9.55. The first-order valence-corrected chi connectivity index (χ1v) is 4.72. The molecule has 0 saturated heterocycles. The molecule has 13 heavy (non-hydrogen) atoms. The summed E-state index contributed by atoms with van der Waals surface area (Å²) in [6.07, 6.45) is 0.667. The highest BCUT2D eigenvalue weighted by Gasteiger charge is 2.11. The highest BCUT2D eigenvalue weighted by molar-refractivity contribution is 6.31. The minimum atomic E-state index is 0.146. The fourth-order valence-corrected chi connectivity index (χ4v) is 1.65. The van der Waals surface area contributed by atoms with Gasteiger partial charge in [-0.2, -0.15) is 0 Å². The van der Waals surface area contributed by atoms with Gasteiger partial charge in [-0.1, -0.05) is 29.8 Å². The molecule has 1 rings (SSSR count). The summed E-state index contributed by atoms with van der Waals surface area (Å²) < 4.78 is 0. The van der Waals surface area contributed by atoms with Crippen molar-refractivity contribution in [2.24, 2.45) is 5.73 Å². The Morgan fingerprint density at radius 3 is 2.62 bits per heavy atom. The summed E-state index contributed by atoms with van der Waals surface area (Å²) in [5.41, 5.74) is 6.62. The maximum atomic E-state index is 8.82. The van der Waals surface area contributed by atoms with E-state index in [-0.39, 0.29) is 12.5 Å². The van der Waals surface area contributed by atoms with Gasteiger partial charge in [-0.25, -0.2) is 0 Å². The second kappa shape index (κ2) is 5.22. The van der Waals surface area contributed by atoms with Crippen LogP contribution in [0.4, 0.5) is 0 Å². The summed E-state index contributed by atoms with van der Waals surface area (Å²) in [5.74, 6) is 0.165. The van der Waals surface area contributed by atoms with Crippen molar-refractivity contribution in [3.63, 3.8) is 0 Å². The van der Waals surface area contributed by atoms with Gasteiger partial charge in [0.1, 0.15) is 0 Å². The Morgan fingerprint density at radius 2 is 2.08 bits per heavy atom. The topological polar surface area (TPSA) is 46.2 Å². The van der Waals surface area contributed by atoms with Crippen molar-refractivity contribution in [1.29, 1.82) is 0 Å². The first-order valence-electron chi connectivity index (χ1n) is 4.35. The Morgan fingerprint density at radius 1 is 1.38 bits per heavy atom. The number of halogens is 1. The molecule has 0 saturated carbocycles. The van der Waals surface area contributed by atoms with Gasteiger partial charge in [0.25, 0.3) is 0 Å². The van der Waals surface area contributed by atoms with E-state index in [4.69, 9.17) is 22.4 Å². The lowest BCUT2D eigenvalue weighted by molar-refractivity contribution is 0.276. The van der Waals surface area contributed by atoms with Gasteiger partial charge < -0.3 is 10.8 Å². The first kappa shape index (κ1) is 10.5. The third-order valence-corrected chi connectivity index (χ3v) is 2.45. The monoisotopic (exact) mass is 199 g/mol. The van der Waals surface area contributed by atoms with E-state index in [2.05, 4.69) is 0 Å². The molecule has 0 aliphatic heterocycles. The molecule has 2 nitrogen and oxygen atoms in total. The minimum Gasteiger partial charge on any atom is -0.396 e. The van der Waals surface area contributed by atoms with Crippen LogP contribution in [0.3, 0.4) is 0 Å². The molecule has 1 unspecified atom stereocenters. The zero-order valence-corrected chi connectivity index (χ0v) is 8.17. The SMILES string of the molecule is NCC(CCO)c1ccccc1Cl. The van der Waals surface area contributed by atoms with Gasteiger partial charge in [-0.3, -0.25) is 0 Å². The van der Waals surface area contributed by atoms with Gasteiger partial charge in [-0.05, 0) is 30.5 Å². The summed E-state index contributed by atoms with van der Waals surface area (Å²) in [7, 11) is 0. The quantitative estimate of drug-likeness (QED) is 0.777. The maximum Gasteiger partial charge on any atom is 0.0441 e. The Kier molecular flexibility index (Phi) is 4.22. The van der Waals surface area contributed by atoms with E-state index in [1.807, 2.05) is 24.3 Å². The van der Waals surface area contributed by atoms with Crippen LogP contribution in [0.1, 0.15) is 17.9 Å². The molecule has 1 aromatic carbocycles. The normalized spacial score (nSPS) is 12.8. The fraction of sp³-hybridized carbons (Fsp3) is 0.400. The van der Waals surface area contributed by atoms with Crippen molar-refractivity contribution in [2.75, 3.05) is 13.2 Å². The van der Waals surface area contributed by atoms with Gasteiger partial charge >= 0.3 is 0 Å². The van der Waals surface area contributed by atoms with Crippen LogP contribution in [0.15, 0.2) is 24.3 Å². The van der Waals surface area contributed by atoms with Crippen molar-refractivity contribution < 1.29 is 5.11 Å². The Bertz CT molecular complexity index is 265. The van der Waals surface area contributed by atoms with Gasteiger partial charge in [0, 0.05) is 11.6 Å². The van der Waals surface area contributed by atoms with Gasteiger partial charge in [0.05, 0.1) is 0 Å². The molecule has 1 atom stereocenters. The Labute approximate surface area is 83.3 Å². The van der Waals surface area contributed by atoms with Crippen LogP contribution in [0.25, 0.3) is 0 Å². The second-order valence-electron chi connectivity index (χ2n) is 2.97. The first-order chi connectivity index (χ1) is 6.29. The molecule has 0 aliphatic rings. The lowest BCUT2D eigenvalue weighted by atomic mass is 9.96. The number of aliphatic hydroxyl groups is 1. The van der Waals surface area contributed by atoms with Crippen LogP contribution in [-0.4, -0.2) is 18.3 Å². The van der Waals surface area contributed by atoms with Crippen molar-refractivity contribution in [3.8, 4) is 0 Å². The van der Waals surface area contributed by atoms with Crippen LogP contribution in [0, 0.1) is 0 Å².